The lowest BCUT2D eigenvalue weighted by Crippen LogP contribution is -1.90. The fourth-order valence-corrected chi connectivity index (χ4v) is 1.29. The summed E-state index contributed by atoms with van der Waals surface area (Å²) in [6, 6.07) is 2.09. The minimum Gasteiger partial charge on any atom is -0.266 e. The Hall–Kier alpha value is -1.38. The summed E-state index contributed by atoms with van der Waals surface area (Å²) >= 11 is 0. The molecule has 0 aliphatic carbocycles. The van der Waals surface area contributed by atoms with Crippen molar-refractivity contribution in [1.82, 2.24) is 14.8 Å². The topological polar surface area (TPSA) is 30.7 Å². The van der Waals surface area contributed by atoms with Gasteiger partial charge in [0.05, 0.1) is 17.9 Å². The minimum atomic E-state index is 0.977. The summed E-state index contributed by atoms with van der Waals surface area (Å²) in [6.07, 6.45) is 4.72. The van der Waals surface area contributed by atoms with Gasteiger partial charge in [0.2, 0.25) is 0 Å². The number of pyridine rings is 1. The largest absolute Gasteiger partial charge is 0.266 e. The summed E-state index contributed by atoms with van der Waals surface area (Å²) < 4.78 is 1.84. The second-order valence-corrected chi connectivity index (χ2v) is 2.86. The van der Waals surface area contributed by atoms with Gasteiger partial charge in [-0.15, -0.1) is 0 Å². The van der Waals surface area contributed by atoms with Crippen molar-refractivity contribution < 1.29 is 0 Å². The lowest BCUT2D eigenvalue weighted by molar-refractivity contribution is 0.795. The molecule has 62 valence electrons. The first kappa shape index (κ1) is 7.28. The zero-order chi connectivity index (χ0) is 8.55. The highest BCUT2D eigenvalue weighted by molar-refractivity contribution is 5.77. The molecule has 0 spiro atoms. The Kier molecular flexibility index (Phi) is 1.57. The molecule has 0 aromatic carbocycles. The molecular weight excluding hydrogens is 150 g/mol. The van der Waals surface area contributed by atoms with Gasteiger partial charge in [-0.2, -0.15) is 5.10 Å². The van der Waals surface area contributed by atoms with Gasteiger partial charge in [-0.3, -0.25) is 9.67 Å². The maximum Gasteiger partial charge on any atom is 0.0862 e. The van der Waals surface area contributed by atoms with Crippen molar-refractivity contribution in [1.29, 1.82) is 0 Å². The average Bonchev–Trinajstić information content (AvgIpc) is 2.47. The standard InChI is InChI=1S/C9H11N3/c1-3-8-4-7-5-11-12(2)9(7)6-10-8/h4-6H,3H2,1-2H3. The Morgan fingerprint density at radius 3 is 3.00 bits per heavy atom. The van der Waals surface area contributed by atoms with Crippen LogP contribution in [0.2, 0.25) is 0 Å². The van der Waals surface area contributed by atoms with E-state index in [1.54, 1.807) is 0 Å². The van der Waals surface area contributed by atoms with E-state index in [4.69, 9.17) is 0 Å². The van der Waals surface area contributed by atoms with Gasteiger partial charge in [-0.25, -0.2) is 0 Å². The average molecular weight is 161 g/mol. The van der Waals surface area contributed by atoms with E-state index in [1.165, 1.54) is 5.39 Å². The maximum atomic E-state index is 4.30. The number of hydrogen-bond acceptors (Lipinski definition) is 2. The fourth-order valence-electron chi connectivity index (χ4n) is 1.29. The Morgan fingerprint density at radius 1 is 1.42 bits per heavy atom. The van der Waals surface area contributed by atoms with E-state index in [1.807, 2.05) is 24.1 Å². The van der Waals surface area contributed by atoms with E-state index >= 15 is 0 Å². The Bertz CT molecular complexity index is 403. The van der Waals surface area contributed by atoms with E-state index in [0.29, 0.717) is 0 Å². The van der Waals surface area contributed by atoms with Crippen LogP contribution in [-0.4, -0.2) is 14.8 Å². The molecule has 2 aromatic heterocycles. The van der Waals surface area contributed by atoms with E-state index in [-0.39, 0.29) is 0 Å². The lowest BCUT2D eigenvalue weighted by Gasteiger charge is -1.95. The SMILES string of the molecule is CCc1cc2cnn(C)c2cn1. The van der Waals surface area contributed by atoms with Crippen molar-refractivity contribution in [2.75, 3.05) is 0 Å². The number of rotatable bonds is 1. The second kappa shape index (κ2) is 2.59. The van der Waals surface area contributed by atoms with Crippen molar-refractivity contribution in [3.63, 3.8) is 0 Å². The summed E-state index contributed by atoms with van der Waals surface area (Å²) in [6.45, 7) is 2.10. The van der Waals surface area contributed by atoms with Gasteiger partial charge in [0.1, 0.15) is 0 Å². The van der Waals surface area contributed by atoms with Crippen molar-refractivity contribution in [3.05, 3.63) is 24.2 Å². The van der Waals surface area contributed by atoms with Crippen molar-refractivity contribution in [2.24, 2.45) is 7.05 Å². The summed E-state index contributed by atoms with van der Waals surface area (Å²) in [5, 5.41) is 5.32. The third-order valence-corrected chi connectivity index (χ3v) is 2.05. The number of nitrogens with zero attached hydrogens (tertiary/aromatic N) is 3. The summed E-state index contributed by atoms with van der Waals surface area (Å²) in [4.78, 5) is 4.30. The summed E-state index contributed by atoms with van der Waals surface area (Å²) in [5.74, 6) is 0. The summed E-state index contributed by atoms with van der Waals surface area (Å²) in [7, 11) is 1.93. The van der Waals surface area contributed by atoms with Crippen LogP contribution >= 0.6 is 0 Å². The van der Waals surface area contributed by atoms with Crippen molar-refractivity contribution in [3.8, 4) is 0 Å². The molecule has 2 aromatic rings. The zero-order valence-electron chi connectivity index (χ0n) is 7.28. The van der Waals surface area contributed by atoms with Crippen molar-refractivity contribution >= 4 is 10.9 Å². The van der Waals surface area contributed by atoms with Crippen LogP contribution < -0.4 is 0 Å². The van der Waals surface area contributed by atoms with Crippen LogP contribution in [-0.2, 0) is 13.5 Å². The molecule has 12 heavy (non-hydrogen) atoms. The first-order chi connectivity index (χ1) is 5.81. The van der Waals surface area contributed by atoms with Gasteiger partial charge in [0.25, 0.3) is 0 Å². The van der Waals surface area contributed by atoms with Crippen LogP contribution in [0.25, 0.3) is 10.9 Å². The molecule has 0 amide bonds. The highest BCUT2D eigenvalue weighted by atomic mass is 15.2. The molecule has 2 rings (SSSR count). The number of fused-ring (bicyclic) bond motifs is 1. The number of aryl methyl sites for hydroxylation is 2. The maximum absolute atomic E-state index is 4.30. The minimum absolute atomic E-state index is 0.977. The first-order valence-corrected chi connectivity index (χ1v) is 4.08. The van der Waals surface area contributed by atoms with Crippen LogP contribution in [0.3, 0.4) is 0 Å². The lowest BCUT2D eigenvalue weighted by atomic mass is 10.2. The Balaban J connectivity index is 2.69. The number of aromatic nitrogens is 3. The van der Waals surface area contributed by atoms with E-state index in [2.05, 4.69) is 23.1 Å². The van der Waals surface area contributed by atoms with Gasteiger partial charge < -0.3 is 0 Å². The third-order valence-electron chi connectivity index (χ3n) is 2.05. The van der Waals surface area contributed by atoms with E-state index in [0.717, 1.165) is 17.6 Å². The van der Waals surface area contributed by atoms with Crippen LogP contribution in [0, 0.1) is 0 Å². The molecule has 3 heteroatoms. The van der Waals surface area contributed by atoms with Crippen molar-refractivity contribution in [2.45, 2.75) is 13.3 Å². The molecule has 0 atom stereocenters. The normalized spacial score (nSPS) is 10.8. The molecule has 0 saturated carbocycles. The van der Waals surface area contributed by atoms with Gasteiger partial charge in [-0.05, 0) is 12.5 Å². The third kappa shape index (κ3) is 0.978. The van der Waals surface area contributed by atoms with Gasteiger partial charge in [0.15, 0.2) is 0 Å². The highest BCUT2D eigenvalue weighted by Crippen LogP contribution is 2.12. The molecule has 0 fully saturated rings. The molecule has 0 radical (unpaired) electrons. The molecule has 2 heterocycles. The molecule has 0 saturated heterocycles. The van der Waals surface area contributed by atoms with E-state index in [9.17, 15) is 0 Å². The van der Waals surface area contributed by atoms with E-state index < -0.39 is 0 Å². The van der Waals surface area contributed by atoms with Gasteiger partial charge in [0, 0.05) is 18.1 Å². The molecule has 3 nitrogen and oxygen atoms in total. The Labute approximate surface area is 71.0 Å². The van der Waals surface area contributed by atoms with Crippen LogP contribution in [0.4, 0.5) is 0 Å². The quantitative estimate of drug-likeness (QED) is 0.635. The monoisotopic (exact) mass is 161 g/mol. The molecule has 0 unspecified atom stereocenters. The van der Waals surface area contributed by atoms with Crippen LogP contribution in [0.15, 0.2) is 18.5 Å². The molecular formula is C9H11N3. The smallest absolute Gasteiger partial charge is 0.0862 e. The fraction of sp³-hybridized carbons (Fsp3) is 0.333. The predicted octanol–water partition coefficient (Wildman–Crippen LogP) is 1.53. The Morgan fingerprint density at radius 2 is 2.25 bits per heavy atom. The predicted molar refractivity (Wildman–Crippen MR) is 47.9 cm³/mol. The first-order valence-electron chi connectivity index (χ1n) is 4.08. The number of hydrogen-bond donors (Lipinski definition) is 0. The van der Waals surface area contributed by atoms with Gasteiger partial charge >= 0.3 is 0 Å². The molecule has 0 aliphatic heterocycles. The van der Waals surface area contributed by atoms with Gasteiger partial charge in [-0.1, -0.05) is 6.92 Å². The van der Waals surface area contributed by atoms with Crippen LogP contribution in [0.1, 0.15) is 12.6 Å². The zero-order valence-corrected chi connectivity index (χ0v) is 7.28. The molecule has 0 bridgehead atoms. The van der Waals surface area contributed by atoms with Crippen LogP contribution in [0.5, 0.6) is 0 Å². The molecule has 0 aliphatic rings. The summed E-state index contributed by atoms with van der Waals surface area (Å²) in [5.41, 5.74) is 2.21. The molecule has 0 N–H and O–H groups in total. The second-order valence-electron chi connectivity index (χ2n) is 2.86. The highest BCUT2D eigenvalue weighted by Gasteiger charge is 1.99.